The number of amides is 1. The fraction of sp³-hybridized carbons (Fsp3) is 0. The van der Waals surface area contributed by atoms with Crippen LogP contribution < -0.4 is 5.32 Å². The highest BCUT2D eigenvalue weighted by molar-refractivity contribution is 6.03. The molecule has 1 amide bonds. The van der Waals surface area contributed by atoms with Gasteiger partial charge in [0.15, 0.2) is 0 Å². The Labute approximate surface area is 166 Å². The Balaban J connectivity index is 1.32. The lowest BCUT2D eigenvalue weighted by atomic mass is 10.1. The van der Waals surface area contributed by atoms with Gasteiger partial charge in [-0.3, -0.25) is 9.89 Å². The molecule has 29 heavy (non-hydrogen) atoms. The highest BCUT2D eigenvalue weighted by atomic mass is 16.1. The SMILES string of the molecule is O=C(Nc1ccc(-c2cn3ccccc3n2)cc1)c1cc(-c2ccccc2)n[nH]1. The molecule has 0 bridgehead atoms. The summed E-state index contributed by atoms with van der Waals surface area (Å²) in [4.78, 5) is 17.1. The quantitative estimate of drug-likeness (QED) is 0.477. The van der Waals surface area contributed by atoms with E-state index in [0.717, 1.165) is 28.2 Å². The molecule has 3 heterocycles. The molecule has 0 atom stereocenters. The van der Waals surface area contributed by atoms with E-state index in [1.54, 1.807) is 6.07 Å². The first kappa shape index (κ1) is 16.9. The number of aromatic nitrogens is 4. The maximum Gasteiger partial charge on any atom is 0.273 e. The van der Waals surface area contributed by atoms with Crippen molar-refractivity contribution in [2.24, 2.45) is 0 Å². The molecule has 0 radical (unpaired) electrons. The van der Waals surface area contributed by atoms with Gasteiger partial charge in [0.05, 0.1) is 11.4 Å². The van der Waals surface area contributed by atoms with E-state index in [9.17, 15) is 4.79 Å². The minimum absolute atomic E-state index is 0.236. The summed E-state index contributed by atoms with van der Waals surface area (Å²) in [5.74, 6) is -0.236. The van der Waals surface area contributed by atoms with E-state index >= 15 is 0 Å². The van der Waals surface area contributed by atoms with Gasteiger partial charge in [-0.1, -0.05) is 48.5 Å². The molecule has 3 aromatic heterocycles. The van der Waals surface area contributed by atoms with Crippen molar-refractivity contribution in [1.29, 1.82) is 0 Å². The number of carbonyl (C=O) groups is 1. The number of nitrogens with zero attached hydrogens (tertiary/aromatic N) is 3. The minimum Gasteiger partial charge on any atom is -0.321 e. The van der Waals surface area contributed by atoms with E-state index in [1.807, 2.05) is 89.6 Å². The van der Waals surface area contributed by atoms with Gasteiger partial charge in [-0.2, -0.15) is 5.10 Å². The number of anilines is 1. The molecule has 0 fully saturated rings. The number of carbonyl (C=O) groups excluding carboxylic acids is 1. The largest absolute Gasteiger partial charge is 0.321 e. The lowest BCUT2D eigenvalue weighted by molar-refractivity contribution is 0.102. The lowest BCUT2D eigenvalue weighted by Gasteiger charge is -2.04. The number of aromatic amines is 1. The zero-order valence-electron chi connectivity index (χ0n) is 15.4. The Hall–Kier alpha value is -4.19. The summed E-state index contributed by atoms with van der Waals surface area (Å²) >= 11 is 0. The first-order valence-corrected chi connectivity index (χ1v) is 9.23. The molecule has 2 aromatic carbocycles. The molecule has 6 heteroatoms. The average molecular weight is 379 g/mol. The van der Waals surface area contributed by atoms with Gasteiger partial charge in [0.1, 0.15) is 11.3 Å². The van der Waals surface area contributed by atoms with E-state index in [1.165, 1.54) is 0 Å². The third-order valence-corrected chi connectivity index (χ3v) is 4.69. The highest BCUT2D eigenvalue weighted by Crippen LogP contribution is 2.22. The molecule has 0 saturated heterocycles. The van der Waals surface area contributed by atoms with Crippen molar-refractivity contribution in [3.05, 3.63) is 97.0 Å². The first-order chi connectivity index (χ1) is 14.3. The van der Waals surface area contributed by atoms with Crippen molar-refractivity contribution >= 4 is 17.2 Å². The van der Waals surface area contributed by atoms with Gasteiger partial charge < -0.3 is 9.72 Å². The van der Waals surface area contributed by atoms with Crippen LogP contribution in [0.2, 0.25) is 0 Å². The van der Waals surface area contributed by atoms with Gasteiger partial charge in [0.25, 0.3) is 5.91 Å². The Morgan fingerprint density at radius 1 is 0.862 bits per heavy atom. The highest BCUT2D eigenvalue weighted by Gasteiger charge is 2.12. The molecule has 0 aliphatic heterocycles. The summed E-state index contributed by atoms with van der Waals surface area (Å²) in [6.07, 6.45) is 3.95. The number of imidazole rings is 1. The van der Waals surface area contributed by atoms with Gasteiger partial charge >= 0.3 is 0 Å². The average Bonchev–Trinajstić information content (AvgIpc) is 3.42. The number of pyridine rings is 1. The molecule has 0 aliphatic rings. The second kappa shape index (κ2) is 7.09. The Kier molecular flexibility index (Phi) is 4.14. The normalized spacial score (nSPS) is 10.9. The van der Waals surface area contributed by atoms with Crippen LogP contribution in [0.25, 0.3) is 28.2 Å². The monoisotopic (exact) mass is 379 g/mol. The van der Waals surface area contributed by atoms with Crippen LogP contribution in [0, 0.1) is 0 Å². The molecular formula is C23H17N5O. The molecule has 0 saturated carbocycles. The molecule has 0 aliphatic carbocycles. The van der Waals surface area contributed by atoms with Crippen molar-refractivity contribution < 1.29 is 4.79 Å². The van der Waals surface area contributed by atoms with Gasteiger partial charge in [-0.25, -0.2) is 4.98 Å². The van der Waals surface area contributed by atoms with E-state index in [0.29, 0.717) is 11.4 Å². The first-order valence-electron chi connectivity index (χ1n) is 9.23. The lowest BCUT2D eigenvalue weighted by Crippen LogP contribution is -2.12. The van der Waals surface area contributed by atoms with E-state index < -0.39 is 0 Å². The van der Waals surface area contributed by atoms with Gasteiger partial charge in [0.2, 0.25) is 0 Å². The fourth-order valence-electron chi connectivity index (χ4n) is 3.19. The number of hydrogen-bond donors (Lipinski definition) is 2. The van der Waals surface area contributed by atoms with Crippen molar-refractivity contribution in [1.82, 2.24) is 19.6 Å². The predicted molar refractivity (Wildman–Crippen MR) is 113 cm³/mol. The summed E-state index contributed by atoms with van der Waals surface area (Å²) in [5.41, 5.74) is 5.58. The Morgan fingerprint density at radius 2 is 1.62 bits per heavy atom. The molecular weight excluding hydrogens is 362 g/mol. The Bertz CT molecular complexity index is 1250. The van der Waals surface area contributed by atoms with Gasteiger partial charge in [-0.05, 0) is 30.3 Å². The molecule has 0 unspecified atom stereocenters. The fourth-order valence-corrected chi connectivity index (χ4v) is 3.19. The molecule has 5 rings (SSSR count). The molecule has 5 aromatic rings. The van der Waals surface area contributed by atoms with E-state index in [4.69, 9.17) is 0 Å². The number of H-pyrrole nitrogens is 1. The smallest absolute Gasteiger partial charge is 0.273 e. The third kappa shape index (κ3) is 3.39. The second-order valence-electron chi connectivity index (χ2n) is 6.66. The summed E-state index contributed by atoms with van der Waals surface area (Å²) < 4.78 is 1.98. The van der Waals surface area contributed by atoms with Gasteiger partial charge in [-0.15, -0.1) is 0 Å². The van der Waals surface area contributed by atoms with Crippen LogP contribution in [0.1, 0.15) is 10.5 Å². The zero-order valence-corrected chi connectivity index (χ0v) is 15.4. The number of hydrogen-bond acceptors (Lipinski definition) is 3. The molecule has 6 nitrogen and oxygen atoms in total. The van der Waals surface area contributed by atoms with Crippen LogP contribution in [0.5, 0.6) is 0 Å². The van der Waals surface area contributed by atoms with Crippen LogP contribution in [-0.2, 0) is 0 Å². The topological polar surface area (TPSA) is 75.1 Å². The summed E-state index contributed by atoms with van der Waals surface area (Å²) in [7, 11) is 0. The maximum absolute atomic E-state index is 12.5. The summed E-state index contributed by atoms with van der Waals surface area (Å²) in [6, 6.07) is 25.0. The number of rotatable bonds is 4. The zero-order chi connectivity index (χ0) is 19.6. The standard InChI is InChI=1S/C23H17N5O/c29-23(20-14-19(26-27-20)16-6-2-1-3-7-16)24-18-11-9-17(10-12-18)21-15-28-13-5-4-8-22(28)25-21/h1-15H,(H,24,29)(H,26,27). The van der Waals surface area contributed by atoms with E-state index in [2.05, 4.69) is 20.5 Å². The third-order valence-electron chi connectivity index (χ3n) is 4.69. The van der Waals surface area contributed by atoms with Crippen LogP contribution in [0.3, 0.4) is 0 Å². The van der Waals surface area contributed by atoms with Crippen molar-refractivity contribution in [3.8, 4) is 22.5 Å². The molecule has 0 spiro atoms. The van der Waals surface area contributed by atoms with Crippen molar-refractivity contribution in [3.63, 3.8) is 0 Å². The summed E-state index contributed by atoms with van der Waals surface area (Å²) in [6.45, 7) is 0. The van der Waals surface area contributed by atoms with E-state index in [-0.39, 0.29) is 5.91 Å². The minimum atomic E-state index is -0.236. The number of nitrogens with one attached hydrogen (secondary N) is 2. The predicted octanol–water partition coefficient (Wildman–Crippen LogP) is 4.64. The van der Waals surface area contributed by atoms with Crippen molar-refractivity contribution in [2.75, 3.05) is 5.32 Å². The number of fused-ring (bicyclic) bond motifs is 1. The van der Waals surface area contributed by atoms with Gasteiger partial charge in [0, 0.05) is 29.2 Å². The second-order valence-corrected chi connectivity index (χ2v) is 6.66. The van der Waals surface area contributed by atoms with Crippen molar-refractivity contribution in [2.45, 2.75) is 0 Å². The number of benzene rings is 2. The van der Waals surface area contributed by atoms with Crippen LogP contribution in [-0.4, -0.2) is 25.5 Å². The molecule has 2 N–H and O–H groups in total. The Morgan fingerprint density at radius 3 is 2.41 bits per heavy atom. The van der Waals surface area contributed by atoms with Crippen LogP contribution in [0.4, 0.5) is 5.69 Å². The van der Waals surface area contributed by atoms with Crippen LogP contribution >= 0.6 is 0 Å². The molecule has 140 valence electrons. The van der Waals surface area contributed by atoms with Crippen LogP contribution in [0.15, 0.2) is 91.3 Å². The summed E-state index contributed by atoms with van der Waals surface area (Å²) in [5, 5.41) is 9.92. The maximum atomic E-state index is 12.5.